The molecule has 1 aromatic carbocycles. The highest BCUT2D eigenvalue weighted by Crippen LogP contribution is 2.20. The van der Waals surface area contributed by atoms with Gasteiger partial charge in [-0.25, -0.2) is 9.97 Å². The average molecular weight is 394 g/mol. The number of hydrogen-bond acceptors (Lipinski definition) is 5. The van der Waals surface area contributed by atoms with Crippen molar-refractivity contribution in [2.45, 2.75) is 46.0 Å². The molecule has 1 aromatic heterocycles. The Kier molecular flexibility index (Phi) is 7.61. The Morgan fingerprint density at radius 3 is 2.48 bits per heavy atom. The number of carbonyl (C=O) groups excluding carboxylic acids is 1. The summed E-state index contributed by atoms with van der Waals surface area (Å²) in [5.41, 5.74) is 3.93. The molecule has 6 nitrogen and oxygen atoms in total. The second kappa shape index (κ2) is 10.6. The van der Waals surface area contributed by atoms with Gasteiger partial charge in [0.2, 0.25) is 0 Å². The molecule has 0 aliphatic heterocycles. The van der Waals surface area contributed by atoms with Gasteiger partial charge in [0.15, 0.2) is 0 Å². The van der Waals surface area contributed by atoms with Crippen LogP contribution in [0.3, 0.4) is 0 Å². The molecule has 0 saturated heterocycles. The van der Waals surface area contributed by atoms with Gasteiger partial charge in [-0.2, -0.15) is 0 Å². The number of anilines is 3. The Balaban J connectivity index is 1.50. The van der Waals surface area contributed by atoms with E-state index in [4.69, 9.17) is 0 Å². The fraction of sp³-hybridized carbons (Fsp3) is 0.435. The van der Waals surface area contributed by atoms with Gasteiger partial charge >= 0.3 is 0 Å². The molecular weight excluding hydrogens is 362 g/mol. The van der Waals surface area contributed by atoms with Crippen molar-refractivity contribution >= 4 is 23.1 Å². The first-order chi connectivity index (χ1) is 14.2. The van der Waals surface area contributed by atoms with E-state index in [9.17, 15) is 4.79 Å². The third-order valence-electron chi connectivity index (χ3n) is 5.27. The zero-order valence-corrected chi connectivity index (χ0v) is 17.4. The van der Waals surface area contributed by atoms with E-state index >= 15 is 0 Å². The van der Waals surface area contributed by atoms with Gasteiger partial charge in [-0.3, -0.25) is 4.79 Å². The summed E-state index contributed by atoms with van der Waals surface area (Å²) in [6.07, 6.45) is 11.2. The van der Waals surface area contributed by atoms with E-state index < -0.39 is 0 Å². The van der Waals surface area contributed by atoms with E-state index in [0.717, 1.165) is 31.6 Å². The van der Waals surface area contributed by atoms with Gasteiger partial charge in [0, 0.05) is 31.0 Å². The normalized spacial score (nSPS) is 13.5. The Morgan fingerprint density at radius 2 is 1.86 bits per heavy atom. The second-order valence-corrected chi connectivity index (χ2v) is 7.25. The number of nitrogens with zero attached hydrogens (tertiary/aromatic N) is 3. The van der Waals surface area contributed by atoms with Crippen LogP contribution in [0.4, 0.5) is 17.2 Å². The average Bonchev–Trinajstić information content (AvgIpc) is 2.77. The van der Waals surface area contributed by atoms with E-state index in [-0.39, 0.29) is 5.91 Å². The van der Waals surface area contributed by atoms with Crippen LogP contribution in [-0.4, -0.2) is 35.5 Å². The highest BCUT2D eigenvalue weighted by Gasteiger charge is 2.09. The lowest BCUT2D eigenvalue weighted by molar-refractivity contribution is 0.0948. The molecule has 0 bridgehead atoms. The Labute approximate surface area is 173 Å². The van der Waals surface area contributed by atoms with Crippen LogP contribution in [0.2, 0.25) is 0 Å². The number of benzene rings is 1. The van der Waals surface area contributed by atoms with Crippen molar-refractivity contribution in [1.29, 1.82) is 0 Å². The summed E-state index contributed by atoms with van der Waals surface area (Å²) in [6, 6.07) is 8.23. The van der Waals surface area contributed by atoms with Crippen LogP contribution in [0.1, 0.15) is 56.4 Å². The molecule has 29 heavy (non-hydrogen) atoms. The highest BCUT2D eigenvalue weighted by atomic mass is 16.1. The fourth-order valence-electron chi connectivity index (χ4n) is 3.56. The lowest BCUT2D eigenvalue weighted by atomic mass is 9.97. The van der Waals surface area contributed by atoms with Crippen molar-refractivity contribution in [1.82, 2.24) is 15.3 Å². The number of amides is 1. The predicted octanol–water partition coefficient (Wildman–Crippen LogP) is 4.69. The molecule has 0 radical (unpaired) electrons. The number of carbonyl (C=O) groups is 1. The molecule has 3 rings (SSSR count). The number of nitrogens with one attached hydrogen (secondary N) is 2. The van der Waals surface area contributed by atoms with Crippen LogP contribution in [0.5, 0.6) is 0 Å². The molecule has 154 valence electrons. The summed E-state index contributed by atoms with van der Waals surface area (Å²) in [5, 5.41) is 6.16. The quantitative estimate of drug-likeness (QED) is 0.605. The topological polar surface area (TPSA) is 70.2 Å². The molecule has 1 heterocycles. The van der Waals surface area contributed by atoms with Gasteiger partial charge in [0.05, 0.1) is 12.4 Å². The maximum Gasteiger partial charge on any atom is 0.271 e. The van der Waals surface area contributed by atoms with E-state index in [1.54, 1.807) is 6.20 Å². The maximum absolute atomic E-state index is 12.3. The van der Waals surface area contributed by atoms with Crippen LogP contribution in [0.25, 0.3) is 0 Å². The van der Waals surface area contributed by atoms with E-state index in [1.807, 2.05) is 12.1 Å². The number of rotatable bonds is 9. The third kappa shape index (κ3) is 6.04. The van der Waals surface area contributed by atoms with Crippen LogP contribution in [0, 0.1) is 0 Å². The molecule has 2 aromatic rings. The summed E-state index contributed by atoms with van der Waals surface area (Å²) >= 11 is 0. The largest absolute Gasteiger partial charge is 0.372 e. The van der Waals surface area contributed by atoms with Crippen molar-refractivity contribution in [2.75, 3.05) is 29.9 Å². The molecule has 1 amide bonds. The van der Waals surface area contributed by atoms with Crippen molar-refractivity contribution in [3.8, 4) is 0 Å². The van der Waals surface area contributed by atoms with Crippen molar-refractivity contribution in [2.24, 2.45) is 0 Å². The molecule has 0 saturated carbocycles. The molecule has 2 N–H and O–H groups in total. The van der Waals surface area contributed by atoms with E-state index in [2.05, 4.69) is 57.6 Å². The van der Waals surface area contributed by atoms with Gasteiger partial charge in [-0.05, 0) is 70.2 Å². The van der Waals surface area contributed by atoms with Gasteiger partial charge in [0.1, 0.15) is 11.5 Å². The zero-order chi connectivity index (χ0) is 20.5. The minimum atomic E-state index is -0.177. The van der Waals surface area contributed by atoms with Crippen molar-refractivity contribution < 1.29 is 4.79 Å². The number of allylic oxidation sites excluding steroid dienone is 1. The molecule has 0 spiro atoms. The summed E-state index contributed by atoms with van der Waals surface area (Å²) in [7, 11) is 0. The van der Waals surface area contributed by atoms with Crippen molar-refractivity contribution in [3.63, 3.8) is 0 Å². The van der Waals surface area contributed by atoms with Gasteiger partial charge in [0.25, 0.3) is 5.91 Å². The monoisotopic (exact) mass is 393 g/mol. The summed E-state index contributed by atoms with van der Waals surface area (Å²) in [6.45, 7) is 6.91. The lowest BCUT2D eigenvalue weighted by Gasteiger charge is -2.21. The zero-order valence-electron chi connectivity index (χ0n) is 17.4. The Bertz CT molecular complexity index is 810. The van der Waals surface area contributed by atoms with E-state index in [1.165, 1.54) is 36.7 Å². The maximum atomic E-state index is 12.3. The van der Waals surface area contributed by atoms with Crippen LogP contribution in [-0.2, 0) is 0 Å². The molecule has 1 aliphatic carbocycles. The van der Waals surface area contributed by atoms with Gasteiger partial charge in [-0.1, -0.05) is 11.6 Å². The molecular formula is C23H31N5O. The van der Waals surface area contributed by atoms with Crippen molar-refractivity contribution in [3.05, 3.63) is 54.0 Å². The summed E-state index contributed by atoms with van der Waals surface area (Å²) < 4.78 is 0. The summed E-state index contributed by atoms with van der Waals surface area (Å²) in [4.78, 5) is 23.1. The fourth-order valence-corrected chi connectivity index (χ4v) is 3.56. The van der Waals surface area contributed by atoms with Crippen LogP contribution < -0.4 is 15.5 Å². The molecule has 0 unspecified atom stereocenters. The van der Waals surface area contributed by atoms with Crippen LogP contribution in [0.15, 0.2) is 48.3 Å². The summed E-state index contributed by atoms with van der Waals surface area (Å²) in [5.74, 6) is 0.438. The van der Waals surface area contributed by atoms with Gasteiger partial charge < -0.3 is 15.5 Å². The SMILES string of the molecule is CCN(CC)c1ccc(Nc2cnc(C(=O)NCCC3=CCCCC3)cn2)cc1. The van der Waals surface area contributed by atoms with Crippen LogP contribution >= 0.6 is 0 Å². The lowest BCUT2D eigenvalue weighted by Crippen LogP contribution is -2.26. The first-order valence-electron chi connectivity index (χ1n) is 10.6. The molecule has 6 heteroatoms. The minimum Gasteiger partial charge on any atom is -0.372 e. The predicted molar refractivity (Wildman–Crippen MR) is 119 cm³/mol. The molecule has 0 atom stereocenters. The first-order valence-corrected chi connectivity index (χ1v) is 10.6. The Hall–Kier alpha value is -2.89. The molecule has 0 fully saturated rings. The van der Waals surface area contributed by atoms with Gasteiger partial charge in [-0.15, -0.1) is 0 Å². The number of hydrogen-bond donors (Lipinski definition) is 2. The number of aromatic nitrogens is 2. The third-order valence-corrected chi connectivity index (χ3v) is 5.27. The molecule has 1 aliphatic rings. The highest BCUT2D eigenvalue weighted by molar-refractivity contribution is 5.92. The Morgan fingerprint density at radius 1 is 1.07 bits per heavy atom. The minimum absolute atomic E-state index is 0.177. The van der Waals surface area contributed by atoms with E-state index in [0.29, 0.717) is 18.1 Å². The smallest absolute Gasteiger partial charge is 0.271 e. The first kappa shape index (κ1) is 20.8. The standard InChI is InChI=1S/C23H31N5O/c1-3-28(4-2)20-12-10-19(11-13-20)27-22-17-25-21(16-26-22)23(29)24-15-14-18-8-6-5-7-9-18/h8,10-13,16-17H,3-7,9,14-15H2,1-2H3,(H,24,29)(H,26,27). The second-order valence-electron chi connectivity index (χ2n) is 7.25.